The molecule has 1 atom stereocenters. The molecule has 0 amide bonds. The minimum absolute atomic E-state index is 0.00748. The number of hydrogen-bond acceptors (Lipinski definition) is 5. The van der Waals surface area contributed by atoms with E-state index in [0.29, 0.717) is 11.7 Å². The molecule has 0 radical (unpaired) electrons. The van der Waals surface area contributed by atoms with Crippen molar-refractivity contribution in [2.24, 2.45) is 11.3 Å². The van der Waals surface area contributed by atoms with Gasteiger partial charge in [-0.1, -0.05) is 56.8 Å². The zero-order chi connectivity index (χ0) is 21.8. The predicted octanol–water partition coefficient (Wildman–Crippen LogP) is 5.52. The summed E-state index contributed by atoms with van der Waals surface area (Å²) in [6.07, 6.45) is 4.96. The summed E-state index contributed by atoms with van der Waals surface area (Å²) in [5, 5.41) is 10.5. The molecule has 0 N–H and O–H groups in total. The van der Waals surface area contributed by atoms with Gasteiger partial charge in [0.2, 0.25) is 5.78 Å². The van der Waals surface area contributed by atoms with Gasteiger partial charge >= 0.3 is 0 Å². The largest absolute Gasteiger partial charge is 0.268 e. The molecule has 0 bridgehead atoms. The Morgan fingerprint density at radius 2 is 2.03 bits per heavy atom. The number of nitrogens with zero attached hydrogens (tertiary/aromatic N) is 4. The highest BCUT2D eigenvalue weighted by molar-refractivity contribution is 7.99. The molecule has 3 heterocycles. The van der Waals surface area contributed by atoms with Gasteiger partial charge in [0.15, 0.2) is 5.16 Å². The monoisotopic (exact) mass is 450 g/mol. The van der Waals surface area contributed by atoms with Crippen LogP contribution in [0.4, 0.5) is 0 Å². The third-order valence-corrected chi connectivity index (χ3v) is 8.42. The van der Waals surface area contributed by atoms with Gasteiger partial charge in [-0.3, -0.25) is 4.79 Å². The van der Waals surface area contributed by atoms with E-state index >= 15 is 0 Å². The molecule has 0 unspecified atom stereocenters. The van der Waals surface area contributed by atoms with E-state index in [4.69, 9.17) is 0 Å². The molecule has 5 rings (SSSR count). The smallest absolute Gasteiger partial charge is 0.268 e. The van der Waals surface area contributed by atoms with E-state index in [0.717, 1.165) is 46.1 Å². The molecule has 31 heavy (non-hydrogen) atoms. The maximum Gasteiger partial charge on any atom is 0.268 e. The van der Waals surface area contributed by atoms with E-state index in [2.05, 4.69) is 41.9 Å². The fourth-order valence-corrected chi connectivity index (χ4v) is 6.66. The Morgan fingerprint density at radius 3 is 2.74 bits per heavy atom. The van der Waals surface area contributed by atoms with Gasteiger partial charge in [-0.2, -0.15) is 0 Å². The molecule has 7 heteroatoms. The summed E-state index contributed by atoms with van der Waals surface area (Å²) in [6.45, 7) is 10.8. The highest BCUT2D eigenvalue weighted by Crippen LogP contribution is 2.43. The number of para-hydroxylation sites is 1. The number of rotatable bonds is 4. The summed E-state index contributed by atoms with van der Waals surface area (Å²) in [4.78, 5) is 16.2. The average Bonchev–Trinajstić information content (AvgIpc) is 3.33. The van der Waals surface area contributed by atoms with Crippen LogP contribution in [0.2, 0.25) is 0 Å². The lowest BCUT2D eigenvalue weighted by Gasteiger charge is -2.33. The van der Waals surface area contributed by atoms with Crippen molar-refractivity contribution in [3.8, 4) is 5.69 Å². The van der Waals surface area contributed by atoms with Crippen molar-refractivity contribution < 1.29 is 0 Å². The van der Waals surface area contributed by atoms with Crippen LogP contribution in [-0.4, -0.2) is 24.9 Å². The normalized spacial score (nSPS) is 16.7. The van der Waals surface area contributed by atoms with E-state index in [1.54, 1.807) is 27.7 Å². The first-order valence-electron chi connectivity index (χ1n) is 10.6. The molecule has 0 saturated heterocycles. The Morgan fingerprint density at radius 1 is 1.26 bits per heavy atom. The number of aryl methyl sites for hydroxylation is 1. The molecule has 4 aromatic rings. The minimum atomic E-state index is 0.00748. The van der Waals surface area contributed by atoms with Crippen LogP contribution >= 0.6 is 23.1 Å². The van der Waals surface area contributed by atoms with Crippen LogP contribution < -0.4 is 5.56 Å². The van der Waals surface area contributed by atoms with Crippen molar-refractivity contribution in [2.45, 2.75) is 45.2 Å². The van der Waals surface area contributed by atoms with E-state index in [-0.39, 0.29) is 11.0 Å². The molecule has 0 aliphatic heterocycles. The third-order valence-electron chi connectivity index (χ3n) is 6.25. The van der Waals surface area contributed by atoms with Crippen LogP contribution in [0, 0.1) is 11.3 Å². The van der Waals surface area contributed by atoms with Crippen LogP contribution in [0.1, 0.15) is 37.6 Å². The topological polar surface area (TPSA) is 52.2 Å². The third kappa shape index (κ3) is 3.34. The van der Waals surface area contributed by atoms with E-state index in [1.807, 2.05) is 36.4 Å². The summed E-state index contributed by atoms with van der Waals surface area (Å²) < 4.78 is 3.79. The lowest BCUT2D eigenvalue weighted by Crippen LogP contribution is -2.27. The molecule has 160 valence electrons. The summed E-state index contributed by atoms with van der Waals surface area (Å²) in [7, 11) is 0. The highest BCUT2D eigenvalue weighted by atomic mass is 32.2. The van der Waals surface area contributed by atoms with Crippen LogP contribution in [0.3, 0.4) is 0 Å². The summed E-state index contributed by atoms with van der Waals surface area (Å²) in [5.74, 6) is 1.93. The summed E-state index contributed by atoms with van der Waals surface area (Å²) in [5.41, 5.74) is 2.31. The van der Waals surface area contributed by atoms with Gasteiger partial charge in [-0.25, -0.2) is 8.97 Å². The number of thioether (sulfide) groups is 1. The van der Waals surface area contributed by atoms with Gasteiger partial charge in [0, 0.05) is 10.6 Å². The lowest BCUT2D eigenvalue weighted by molar-refractivity contribution is 0.218. The first-order valence-corrected chi connectivity index (χ1v) is 12.4. The van der Waals surface area contributed by atoms with Crippen molar-refractivity contribution in [1.29, 1.82) is 0 Å². The summed E-state index contributed by atoms with van der Waals surface area (Å²) >= 11 is 3.34. The quantitative estimate of drug-likeness (QED) is 0.303. The standard InChI is InChI=1S/C24H26N4OS2/c1-5-13-30-23-26-25-22-27(16-9-7-6-8-10-16)20(29)19-17-12-11-15(24(2,3)4)14-18(17)31-21(19)28(22)23/h5-10,15H,1,11-14H2,2-4H3/t15-/m1/s1. The second-order valence-electron chi connectivity index (χ2n) is 9.18. The number of benzene rings is 1. The predicted molar refractivity (Wildman–Crippen MR) is 130 cm³/mol. The molecular weight excluding hydrogens is 424 g/mol. The molecule has 1 aliphatic carbocycles. The van der Waals surface area contributed by atoms with Crippen molar-refractivity contribution in [3.05, 3.63) is 63.8 Å². The fraction of sp³-hybridized carbons (Fsp3) is 0.375. The number of hydrogen-bond donors (Lipinski definition) is 0. The minimum Gasteiger partial charge on any atom is -0.268 e. The Labute approximate surface area is 189 Å². The molecule has 0 spiro atoms. The van der Waals surface area contributed by atoms with Crippen molar-refractivity contribution in [3.63, 3.8) is 0 Å². The molecule has 3 aromatic heterocycles. The molecule has 1 aliphatic rings. The van der Waals surface area contributed by atoms with Crippen LogP contribution in [0.15, 0.2) is 52.9 Å². The highest BCUT2D eigenvalue weighted by Gasteiger charge is 2.33. The fourth-order valence-electron chi connectivity index (χ4n) is 4.51. The van der Waals surface area contributed by atoms with Gasteiger partial charge < -0.3 is 0 Å². The lowest BCUT2D eigenvalue weighted by atomic mass is 9.72. The zero-order valence-electron chi connectivity index (χ0n) is 18.1. The van der Waals surface area contributed by atoms with Crippen molar-refractivity contribution in [2.75, 3.05) is 5.75 Å². The molecule has 0 saturated carbocycles. The van der Waals surface area contributed by atoms with E-state index < -0.39 is 0 Å². The molecule has 0 fully saturated rings. The second-order valence-corrected chi connectivity index (χ2v) is 11.3. The zero-order valence-corrected chi connectivity index (χ0v) is 19.7. The summed E-state index contributed by atoms with van der Waals surface area (Å²) in [6, 6.07) is 9.75. The molecule has 5 nitrogen and oxygen atoms in total. The van der Waals surface area contributed by atoms with Gasteiger partial charge in [0.05, 0.1) is 11.1 Å². The van der Waals surface area contributed by atoms with E-state index in [9.17, 15) is 4.79 Å². The van der Waals surface area contributed by atoms with E-state index in [1.165, 1.54) is 10.4 Å². The number of aromatic nitrogens is 4. The Hall–Kier alpha value is -2.38. The van der Waals surface area contributed by atoms with Crippen molar-refractivity contribution in [1.82, 2.24) is 19.2 Å². The maximum absolute atomic E-state index is 13.8. The molecular formula is C24H26N4OS2. The number of thiophene rings is 1. The van der Waals surface area contributed by atoms with Crippen LogP contribution in [0.25, 0.3) is 21.7 Å². The first-order chi connectivity index (χ1) is 14.9. The Balaban J connectivity index is 1.83. The Kier molecular flexibility index (Phi) is 5.06. The van der Waals surface area contributed by atoms with Gasteiger partial charge in [-0.15, -0.1) is 28.1 Å². The first kappa shape index (κ1) is 20.5. The molecule has 1 aromatic carbocycles. The maximum atomic E-state index is 13.8. The van der Waals surface area contributed by atoms with Crippen molar-refractivity contribution >= 4 is 39.1 Å². The second kappa shape index (κ2) is 7.64. The van der Waals surface area contributed by atoms with Crippen LogP contribution in [0.5, 0.6) is 0 Å². The average molecular weight is 451 g/mol. The number of fused-ring (bicyclic) bond motifs is 5. The SMILES string of the molecule is C=CCSc1nnc2n(-c3ccccc3)c(=O)c3c4c(sc3n12)C[C@H](C(C)(C)C)CC4. The Bertz CT molecular complexity index is 1340. The van der Waals surface area contributed by atoms with Crippen LogP contribution in [-0.2, 0) is 12.8 Å². The van der Waals surface area contributed by atoms with Gasteiger partial charge in [-0.05, 0) is 48.3 Å². The van der Waals surface area contributed by atoms with Gasteiger partial charge in [0.25, 0.3) is 5.56 Å². The van der Waals surface area contributed by atoms with Gasteiger partial charge in [0.1, 0.15) is 4.83 Å².